The van der Waals surface area contributed by atoms with Crippen LogP contribution in [0.5, 0.6) is 5.75 Å². The number of ether oxygens (including phenoxy) is 1. The monoisotopic (exact) mass is 367 g/mol. The molecule has 0 spiro atoms. The smallest absolute Gasteiger partial charge is 0.263 e. The van der Waals surface area contributed by atoms with Gasteiger partial charge in [-0.25, -0.2) is 4.98 Å². The summed E-state index contributed by atoms with van der Waals surface area (Å²) in [6.45, 7) is 4.31. The number of likely N-dealkylation sites (N-methyl/N-ethyl adjacent to an activating group) is 1. The fourth-order valence-corrected chi connectivity index (χ4v) is 2.92. The van der Waals surface area contributed by atoms with E-state index in [9.17, 15) is 9.59 Å². The Labute approximate surface area is 149 Å². The molecule has 0 radical (unpaired) electrons. The molecule has 0 saturated carbocycles. The predicted molar refractivity (Wildman–Crippen MR) is 93.7 cm³/mol. The van der Waals surface area contributed by atoms with E-state index in [4.69, 9.17) is 16.3 Å². The molecule has 1 heterocycles. The highest BCUT2D eigenvalue weighted by Crippen LogP contribution is 2.21. The Kier molecular flexibility index (Phi) is 6.57. The summed E-state index contributed by atoms with van der Waals surface area (Å²) in [5, 5.41) is 6.52. The standard InChI is InChI=1S/C16H18ClN3O3S/c1-3-18-13(21)8-19-16(22)15-10(2)20-14(24-15)9-23-12-6-4-11(17)5-7-12/h4-7H,3,8-9H2,1-2H3,(H,18,21)(H,19,22). The van der Waals surface area contributed by atoms with E-state index in [0.717, 1.165) is 0 Å². The summed E-state index contributed by atoms with van der Waals surface area (Å²) in [4.78, 5) is 28.3. The molecule has 0 aliphatic rings. The lowest BCUT2D eigenvalue weighted by Gasteiger charge is -2.04. The van der Waals surface area contributed by atoms with Crippen molar-refractivity contribution in [3.8, 4) is 5.75 Å². The summed E-state index contributed by atoms with van der Waals surface area (Å²) in [5.74, 6) is 0.141. The number of rotatable bonds is 7. The highest BCUT2D eigenvalue weighted by Gasteiger charge is 2.16. The molecule has 2 rings (SSSR count). The van der Waals surface area contributed by atoms with Gasteiger partial charge in [-0.2, -0.15) is 0 Å². The first-order valence-corrected chi connectivity index (χ1v) is 8.58. The van der Waals surface area contributed by atoms with Crippen molar-refractivity contribution < 1.29 is 14.3 Å². The Balaban J connectivity index is 1.92. The van der Waals surface area contributed by atoms with Gasteiger partial charge in [0.05, 0.1) is 12.2 Å². The van der Waals surface area contributed by atoms with Gasteiger partial charge in [-0.05, 0) is 38.1 Å². The molecule has 0 saturated heterocycles. The van der Waals surface area contributed by atoms with Gasteiger partial charge in [0.2, 0.25) is 5.91 Å². The van der Waals surface area contributed by atoms with Crippen LogP contribution in [0.4, 0.5) is 0 Å². The van der Waals surface area contributed by atoms with E-state index in [0.29, 0.717) is 32.9 Å². The van der Waals surface area contributed by atoms with Gasteiger partial charge in [0, 0.05) is 11.6 Å². The maximum Gasteiger partial charge on any atom is 0.263 e. The molecule has 8 heteroatoms. The zero-order valence-corrected chi connectivity index (χ0v) is 15.0. The van der Waals surface area contributed by atoms with Crippen molar-refractivity contribution in [3.05, 3.63) is 44.9 Å². The third kappa shape index (κ3) is 5.21. The molecule has 2 aromatic rings. The molecule has 2 N–H and O–H groups in total. The zero-order valence-electron chi connectivity index (χ0n) is 13.4. The van der Waals surface area contributed by atoms with E-state index >= 15 is 0 Å². The molecule has 0 unspecified atom stereocenters. The van der Waals surface area contributed by atoms with E-state index in [-0.39, 0.29) is 25.0 Å². The molecular weight excluding hydrogens is 350 g/mol. The Hall–Kier alpha value is -2.12. The molecule has 2 amide bonds. The van der Waals surface area contributed by atoms with Crippen molar-refractivity contribution in [2.45, 2.75) is 20.5 Å². The number of hydrogen-bond acceptors (Lipinski definition) is 5. The fraction of sp³-hybridized carbons (Fsp3) is 0.312. The second kappa shape index (κ2) is 8.65. The molecule has 0 aliphatic carbocycles. The van der Waals surface area contributed by atoms with Crippen molar-refractivity contribution in [1.82, 2.24) is 15.6 Å². The summed E-state index contributed by atoms with van der Waals surface area (Å²) in [6, 6.07) is 7.01. The summed E-state index contributed by atoms with van der Waals surface area (Å²) in [5.41, 5.74) is 0.614. The van der Waals surface area contributed by atoms with Crippen LogP contribution in [0.3, 0.4) is 0 Å². The second-order valence-electron chi connectivity index (χ2n) is 4.90. The molecule has 0 fully saturated rings. The molecule has 6 nitrogen and oxygen atoms in total. The minimum atomic E-state index is -0.311. The first-order valence-electron chi connectivity index (χ1n) is 7.39. The van der Waals surface area contributed by atoms with Gasteiger partial charge in [0.15, 0.2) is 0 Å². The third-order valence-corrected chi connectivity index (χ3v) is 4.39. The molecule has 24 heavy (non-hydrogen) atoms. The van der Waals surface area contributed by atoms with Gasteiger partial charge in [0.25, 0.3) is 5.91 Å². The Morgan fingerprint density at radius 1 is 1.25 bits per heavy atom. The first-order chi connectivity index (χ1) is 11.5. The number of aromatic nitrogens is 1. The van der Waals surface area contributed by atoms with Gasteiger partial charge >= 0.3 is 0 Å². The highest BCUT2D eigenvalue weighted by atomic mass is 35.5. The van der Waals surface area contributed by atoms with Crippen LogP contribution in [0.1, 0.15) is 27.3 Å². The Morgan fingerprint density at radius 3 is 2.62 bits per heavy atom. The van der Waals surface area contributed by atoms with E-state index in [1.165, 1.54) is 11.3 Å². The van der Waals surface area contributed by atoms with Crippen molar-refractivity contribution in [2.24, 2.45) is 0 Å². The van der Waals surface area contributed by atoms with Gasteiger partial charge < -0.3 is 15.4 Å². The summed E-state index contributed by atoms with van der Waals surface area (Å²) < 4.78 is 5.62. The molecule has 128 valence electrons. The lowest BCUT2D eigenvalue weighted by molar-refractivity contribution is -0.120. The van der Waals surface area contributed by atoms with E-state index in [1.807, 2.05) is 6.92 Å². The first kappa shape index (κ1) is 18.2. The Morgan fingerprint density at radius 2 is 1.96 bits per heavy atom. The molecular formula is C16H18ClN3O3S. The highest BCUT2D eigenvalue weighted by molar-refractivity contribution is 7.13. The average Bonchev–Trinajstić information content (AvgIpc) is 2.93. The van der Waals surface area contributed by atoms with Crippen molar-refractivity contribution in [3.63, 3.8) is 0 Å². The number of amides is 2. The number of nitrogens with one attached hydrogen (secondary N) is 2. The number of carbonyl (C=O) groups is 2. The number of carbonyl (C=O) groups excluding carboxylic acids is 2. The number of thiazole rings is 1. The molecule has 1 aromatic heterocycles. The minimum Gasteiger partial charge on any atom is -0.486 e. The molecule has 0 bridgehead atoms. The van der Waals surface area contributed by atoms with Crippen molar-refractivity contribution in [1.29, 1.82) is 0 Å². The second-order valence-corrected chi connectivity index (χ2v) is 6.42. The number of halogens is 1. The van der Waals surface area contributed by atoms with Crippen LogP contribution in [0.2, 0.25) is 5.02 Å². The molecule has 1 aromatic carbocycles. The van der Waals surface area contributed by atoms with Crippen LogP contribution in [-0.4, -0.2) is 29.9 Å². The maximum absolute atomic E-state index is 12.1. The summed E-state index contributed by atoms with van der Waals surface area (Å²) in [7, 11) is 0. The molecule has 0 aliphatic heterocycles. The topological polar surface area (TPSA) is 80.3 Å². The van der Waals surface area contributed by atoms with Crippen molar-refractivity contribution in [2.75, 3.05) is 13.1 Å². The van der Waals surface area contributed by atoms with Gasteiger partial charge in [-0.15, -0.1) is 11.3 Å². The van der Waals surface area contributed by atoms with Crippen LogP contribution in [0, 0.1) is 6.92 Å². The van der Waals surface area contributed by atoms with Gasteiger partial charge in [-0.1, -0.05) is 11.6 Å². The van der Waals surface area contributed by atoms with Crippen LogP contribution in [-0.2, 0) is 11.4 Å². The predicted octanol–water partition coefficient (Wildman–Crippen LogP) is 2.55. The van der Waals surface area contributed by atoms with Crippen LogP contribution in [0.25, 0.3) is 0 Å². The number of aryl methyl sites for hydroxylation is 1. The lowest BCUT2D eigenvalue weighted by Crippen LogP contribution is -2.36. The third-order valence-electron chi connectivity index (χ3n) is 3.01. The summed E-state index contributed by atoms with van der Waals surface area (Å²) in [6.07, 6.45) is 0. The normalized spacial score (nSPS) is 10.3. The van der Waals surface area contributed by atoms with Crippen LogP contribution in [0.15, 0.2) is 24.3 Å². The van der Waals surface area contributed by atoms with E-state index in [2.05, 4.69) is 15.6 Å². The largest absolute Gasteiger partial charge is 0.486 e. The SMILES string of the molecule is CCNC(=O)CNC(=O)c1sc(COc2ccc(Cl)cc2)nc1C. The minimum absolute atomic E-state index is 0.0549. The van der Waals surface area contributed by atoms with E-state index < -0.39 is 0 Å². The van der Waals surface area contributed by atoms with Gasteiger partial charge in [0.1, 0.15) is 22.2 Å². The van der Waals surface area contributed by atoms with E-state index in [1.54, 1.807) is 31.2 Å². The Bertz CT molecular complexity index is 716. The quantitative estimate of drug-likeness (QED) is 0.788. The maximum atomic E-state index is 12.1. The number of nitrogens with zero attached hydrogens (tertiary/aromatic N) is 1. The number of hydrogen-bond donors (Lipinski definition) is 2. The summed E-state index contributed by atoms with van der Waals surface area (Å²) >= 11 is 7.07. The average molecular weight is 368 g/mol. The van der Waals surface area contributed by atoms with Crippen molar-refractivity contribution >= 4 is 34.8 Å². The lowest BCUT2D eigenvalue weighted by atomic mass is 10.3. The number of benzene rings is 1. The zero-order chi connectivity index (χ0) is 17.5. The van der Waals surface area contributed by atoms with Crippen LogP contribution < -0.4 is 15.4 Å². The molecule has 0 atom stereocenters. The van der Waals surface area contributed by atoms with Crippen LogP contribution >= 0.6 is 22.9 Å². The van der Waals surface area contributed by atoms with Gasteiger partial charge in [-0.3, -0.25) is 9.59 Å². The fourth-order valence-electron chi connectivity index (χ4n) is 1.90.